The Morgan fingerprint density at radius 2 is 2.00 bits per heavy atom. The van der Waals surface area contributed by atoms with E-state index in [2.05, 4.69) is 10.1 Å². The zero-order valence-electron chi connectivity index (χ0n) is 9.90. The number of hydrogen-bond acceptors (Lipinski definition) is 4. The standard InChI is InChI=1S/C13H14FN3O/c14-10-4-2-9(3-5-10)8-11-16-12(17-18-11)13(15)6-1-7-13/h2-5H,1,6-8,15H2. The Kier molecular flexibility index (Phi) is 2.63. The summed E-state index contributed by atoms with van der Waals surface area (Å²) >= 11 is 0. The van der Waals surface area contributed by atoms with Gasteiger partial charge in [0, 0.05) is 0 Å². The quantitative estimate of drug-likeness (QED) is 0.902. The van der Waals surface area contributed by atoms with E-state index < -0.39 is 5.54 Å². The van der Waals surface area contributed by atoms with Gasteiger partial charge >= 0.3 is 0 Å². The predicted molar refractivity (Wildman–Crippen MR) is 63.2 cm³/mol. The van der Waals surface area contributed by atoms with E-state index in [-0.39, 0.29) is 5.82 Å². The minimum atomic E-state index is -0.398. The molecule has 1 heterocycles. The van der Waals surface area contributed by atoms with Crippen LogP contribution in [0.4, 0.5) is 4.39 Å². The molecule has 1 fully saturated rings. The molecule has 0 spiro atoms. The minimum absolute atomic E-state index is 0.250. The van der Waals surface area contributed by atoms with Gasteiger partial charge in [-0.15, -0.1) is 0 Å². The van der Waals surface area contributed by atoms with Gasteiger partial charge in [-0.1, -0.05) is 17.3 Å². The first-order valence-electron chi connectivity index (χ1n) is 6.02. The lowest BCUT2D eigenvalue weighted by molar-refractivity contribution is 0.229. The largest absolute Gasteiger partial charge is 0.339 e. The van der Waals surface area contributed by atoms with Gasteiger partial charge in [-0.2, -0.15) is 4.98 Å². The number of nitrogens with zero attached hydrogens (tertiary/aromatic N) is 2. The summed E-state index contributed by atoms with van der Waals surface area (Å²) in [6.07, 6.45) is 3.42. The Balaban J connectivity index is 1.75. The molecule has 2 N–H and O–H groups in total. The van der Waals surface area contributed by atoms with Gasteiger partial charge in [-0.05, 0) is 37.0 Å². The molecule has 94 valence electrons. The van der Waals surface area contributed by atoms with Gasteiger partial charge in [-0.3, -0.25) is 0 Å². The third kappa shape index (κ3) is 2.01. The molecular formula is C13H14FN3O. The molecule has 0 aliphatic heterocycles. The van der Waals surface area contributed by atoms with Gasteiger partial charge in [0.1, 0.15) is 5.82 Å². The Morgan fingerprint density at radius 1 is 1.28 bits per heavy atom. The maximum absolute atomic E-state index is 12.8. The number of nitrogens with two attached hydrogens (primary N) is 1. The SMILES string of the molecule is NC1(c2noc(Cc3ccc(F)cc3)n2)CCC1. The molecule has 3 rings (SSSR count). The van der Waals surface area contributed by atoms with E-state index in [4.69, 9.17) is 10.3 Å². The van der Waals surface area contributed by atoms with E-state index in [0.29, 0.717) is 18.1 Å². The van der Waals surface area contributed by atoms with E-state index in [1.54, 1.807) is 12.1 Å². The van der Waals surface area contributed by atoms with Crippen LogP contribution in [-0.2, 0) is 12.0 Å². The van der Waals surface area contributed by atoms with Crippen LogP contribution in [0.5, 0.6) is 0 Å². The molecule has 18 heavy (non-hydrogen) atoms. The van der Waals surface area contributed by atoms with Crippen LogP contribution >= 0.6 is 0 Å². The zero-order chi connectivity index (χ0) is 12.6. The van der Waals surface area contributed by atoms with Crippen LogP contribution in [0.1, 0.15) is 36.5 Å². The Hall–Kier alpha value is -1.75. The van der Waals surface area contributed by atoms with Gasteiger partial charge in [0.2, 0.25) is 5.89 Å². The second kappa shape index (κ2) is 4.17. The van der Waals surface area contributed by atoms with Crippen molar-refractivity contribution in [3.63, 3.8) is 0 Å². The van der Waals surface area contributed by atoms with Crippen LogP contribution in [0.3, 0.4) is 0 Å². The first kappa shape index (κ1) is 11.3. The summed E-state index contributed by atoms with van der Waals surface area (Å²) in [5, 5.41) is 3.94. The second-order valence-corrected chi connectivity index (χ2v) is 4.82. The van der Waals surface area contributed by atoms with Crippen LogP contribution < -0.4 is 5.73 Å². The maximum Gasteiger partial charge on any atom is 0.231 e. The summed E-state index contributed by atoms with van der Waals surface area (Å²) in [5.74, 6) is 0.861. The highest BCUT2D eigenvalue weighted by molar-refractivity contribution is 5.19. The van der Waals surface area contributed by atoms with E-state index >= 15 is 0 Å². The predicted octanol–water partition coefficient (Wildman–Crippen LogP) is 2.14. The maximum atomic E-state index is 12.8. The molecular weight excluding hydrogens is 233 g/mol. The molecule has 1 aliphatic rings. The molecule has 0 radical (unpaired) electrons. The average molecular weight is 247 g/mol. The molecule has 0 amide bonds. The molecule has 2 aromatic rings. The average Bonchev–Trinajstić information content (AvgIpc) is 2.78. The van der Waals surface area contributed by atoms with Crippen LogP contribution in [0, 0.1) is 5.82 Å². The van der Waals surface area contributed by atoms with Crippen molar-refractivity contribution in [2.75, 3.05) is 0 Å². The van der Waals surface area contributed by atoms with Crippen molar-refractivity contribution in [1.82, 2.24) is 10.1 Å². The lowest BCUT2D eigenvalue weighted by Crippen LogP contribution is -2.44. The van der Waals surface area contributed by atoms with E-state index in [1.807, 2.05) is 0 Å². The zero-order valence-corrected chi connectivity index (χ0v) is 9.90. The third-order valence-corrected chi connectivity index (χ3v) is 3.43. The smallest absolute Gasteiger partial charge is 0.231 e. The Bertz CT molecular complexity index is 546. The molecule has 1 aliphatic carbocycles. The van der Waals surface area contributed by atoms with Gasteiger partial charge in [0.25, 0.3) is 0 Å². The first-order valence-corrected chi connectivity index (χ1v) is 6.02. The lowest BCUT2D eigenvalue weighted by atomic mass is 9.77. The van der Waals surface area contributed by atoms with Crippen molar-refractivity contribution in [2.45, 2.75) is 31.2 Å². The highest BCUT2D eigenvalue weighted by Crippen LogP contribution is 2.36. The minimum Gasteiger partial charge on any atom is -0.339 e. The molecule has 0 unspecified atom stereocenters. The van der Waals surface area contributed by atoms with Crippen LogP contribution in [0.25, 0.3) is 0 Å². The summed E-state index contributed by atoms with van der Waals surface area (Å²) in [7, 11) is 0. The van der Waals surface area contributed by atoms with E-state index in [9.17, 15) is 4.39 Å². The molecule has 0 atom stereocenters. The van der Waals surface area contributed by atoms with Crippen molar-refractivity contribution in [1.29, 1.82) is 0 Å². The van der Waals surface area contributed by atoms with Gasteiger partial charge < -0.3 is 10.3 Å². The summed E-state index contributed by atoms with van der Waals surface area (Å²) in [6, 6.07) is 6.26. The fourth-order valence-corrected chi connectivity index (χ4v) is 2.09. The van der Waals surface area contributed by atoms with Gasteiger partial charge in [0.05, 0.1) is 12.0 Å². The molecule has 5 heteroatoms. The number of benzene rings is 1. The van der Waals surface area contributed by atoms with Crippen molar-refractivity contribution in [3.05, 3.63) is 47.4 Å². The van der Waals surface area contributed by atoms with Crippen LogP contribution in [0.2, 0.25) is 0 Å². The fourth-order valence-electron chi connectivity index (χ4n) is 2.09. The number of hydrogen-bond donors (Lipinski definition) is 1. The van der Waals surface area contributed by atoms with Crippen molar-refractivity contribution < 1.29 is 8.91 Å². The van der Waals surface area contributed by atoms with Crippen LogP contribution in [-0.4, -0.2) is 10.1 Å². The van der Waals surface area contributed by atoms with Gasteiger partial charge in [-0.25, -0.2) is 4.39 Å². The second-order valence-electron chi connectivity index (χ2n) is 4.82. The molecule has 1 aromatic carbocycles. The summed E-state index contributed by atoms with van der Waals surface area (Å²) in [5.41, 5.74) is 6.65. The summed E-state index contributed by atoms with van der Waals surface area (Å²) < 4.78 is 18.0. The normalized spacial score (nSPS) is 17.4. The Labute approximate surface area is 104 Å². The van der Waals surface area contributed by atoms with E-state index in [0.717, 1.165) is 24.8 Å². The first-order chi connectivity index (χ1) is 8.66. The third-order valence-electron chi connectivity index (χ3n) is 3.43. The number of rotatable bonds is 3. The lowest BCUT2D eigenvalue weighted by Gasteiger charge is -2.34. The highest BCUT2D eigenvalue weighted by Gasteiger charge is 2.38. The van der Waals surface area contributed by atoms with Crippen molar-refractivity contribution >= 4 is 0 Å². The highest BCUT2D eigenvalue weighted by atomic mass is 19.1. The molecule has 0 saturated heterocycles. The summed E-state index contributed by atoms with van der Waals surface area (Å²) in [4.78, 5) is 4.33. The fraction of sp³-hybridized carbons (Fsp3) is 0.385. The monoisotopic (exact) mass is 247 g/mol. The number of aromatic nitrogens is 2. The van der Waals surface area contributed by atoms with Crippen molar-refractivity contribution in [2.24, 2.45) is 5.73 Å². The topological polar surface area (TPSA) is 64.9 Å². The molecule has 1 saturated carbocycles. The van der Waals surface area contributed by atoms with E-state index in [1.165, 1.54) is 12.1 Å². The van der Waals surface area contributed by atoms with Crippen molar-refractivity contribution in [3.8, 4) is 0 Å². The van der Waals surface area contributed by atoms with Crippen LogP contribution in [0.15, 0.2) is 28.8 Å². The number of halogens is 1. The van der Waals surface area contributed by atoms with Gasteiger partial charge in [0.15, 0.2) is 5.82 Å². The molecule has 0 bridgehead atoms. The summed E-state index contributed by atoms with van der Waals surface area (Å²) in [6.45, 7) is 0. The molecule has 4 nitrogen and oxygen atoms in total. The Morgan fingerprint density at radius 3 is 2.61 bits per heavy atom. The molecule has 1 aromatic heterocycles.